The first-order valence-electron chi connectivity index (χ1n) is 5.53. The number of nitrogens with one attached hydrogen (secondary N) is 1. The number of primary amides is 1. The zero-order valence-corrected chi connectivity index (χ0v) is 10.1. The van der Waals surface area contributed by atoms with Gasteiger partial charge in [-0.3, -0.25) is 9.59 Å². The Hall–Kier alpha value is -2.08. The van der Waals surface area contributed by atoms with Crippen molar-refractivity contribution in [2.24, 2.45) is 11.5 Å². The van der Waals surface area contributed by atoms with Crippen LogP contribution in [0.15, 0.2) is 24.3 Å². The first-order valence-corrected chi connectivity index (χ1v) is 5.53. The lowest BCUT2D eigenvalue weighted by atomic mass is 10.1. The van der Waals surface area contributed by atoms with Gasteiger partial charge in [-0.2, -0.15) is 0 Å². The van der Waals surface area contributed by atoms with Gasteiger partial charge in [-0.1, -0.05) is 12.1 Å². The van der Waals surface area contributed by atoms with Crippen LogP contribution in [0.1, 0.15) is 12.5 Å². The Kier molecular flexibility index (Phi) is 4.67. The molecular weight excluding hydrogens is 234 g/mol. The number of carbonyl (C=O) groups excluding carboxylic acids is 2. The Morgan fingerprint density at radius 1 is 1.33 bits per heavy atom. The summed E-state index contributed by atoms with van der Waals surface area (Å²) in [6.45, 7) is 1.49. The molecule has 0 aliphatic rings. The van der Waals surface area contributed by atoms with Crippen LogP contribution in [-0.4, -0.2) is 29.0 Å². The molecule has 1 unspecified atom stereocenters. The van der Waals surface area contributed by atoms with Gasteiger partial charge in [0.05, 0.1) is 6.04 Å². The van der Waals surface area contributed by atoms with Crippen LogP contribution in [-0.2, 0) is 16.0 Å². The van der Waals surface area contributed by atoms with Crippen molar-refractivity contribution in [2.45, 2.75) is 25.4 Å². The Bertz CT molecular complexity index is 431. The SMILES string of the molecule is CC(NC(=O)[C@H](N)Cc1ccc(O)cc1)C(N)=O. The van der Waals surface area contributed by atoms with E-state index >= 15 is 0 Å². The molecule has 6 nitrogen and oxygen atoms in total. The fourth-order valence-electron chi connectivity index (χ4n) is 1.37. The van der Waals surface area contributed by atoms with Crippen molar-refractivity contribution in [1.82, 2.24) is 5.32 Å². The highest BCUT2D eigenvalue weighted by atomic mass is 16.3. The van der Waals surface area contributed by atoms with Crippen LogP contribution in [0, 0.1) is 0 Å². The lowest BCUT2D eigenvalue weighted by molar-refractivity contribution is -0.127. The maximum Gasteiger partial charge on any atom is 0.239 e. The van der Waals surface area contributed by atoms with Crippen molar-refractivity contribution < 1.29 is 14.7 Å². The number of phenolic OH excluding ortho intramolecular Hbond substituents is 1. The van der Waals surface area contributed by atoms with Crippen molar-refractivity contribution >= 4 is 11.8 Å². The lowest BCUT2D eigenvalue weighted by Crippen LogP contribution is -2.49. The molecular formula is C12H17N3O3. The van der Waals surface area contributed by atoms with Crippen molar-refractivity contribution in [1.29, 1.82) is 0 Å². The number of hydrogen-bond acceptors (Lipinski definition) is 4. The summed E-state index contributed by atoms with van der Waals surface area (Å²) in [5, 5.41) is 11.5. The van der Waals surface area contributed by atoms with Gasteiger partial charge in [-0.15, -0.1) is 0 Å². The van der Waals surface area contributed by atoms with E-state index in [9.17, 15) is 9.59 Å². The van der Waals surface area contributed by atoms with Crippen LogP contribution < -0.4 is 16.8 Å². The second kappa shape index (κ2) is 6.02. The number of hydrogen-bond donors (Lipinski definition) is 4. The molecule has 2 amide bonds. The molecule has 0 fully saturated rings. The van der Waals surface area contributed by atoms with Crippen LogP contribution in [0.2, 0.25) is 0 Å². The zero-order chi connectivity index (χ0) is 13.7. The van der Waals surface area contributed by atoms with Gasteiger partial charge in [-0.25, -0.2) is 0 Å². The van der Waals surface area contributed by atoms with Gasteiger partial charge < -0.3 is 21.9 Å². The third-order valence-corrected chi connectivity index (χ3v) is 2.51. The minimum absolute atomic E-state index is 0.152. The number of aromatic hydroxyl groups is 1. The summed E-state index contributed by atoms with van der Waals surface area (Å²) in [7, 11) is 0. The Balaban J connectivity index is 2.54. The van der Waals surface area contributed by atoms with E-state index in [-0.39, 0.29) is 5.75 Å². The smallest absolute Gasteiger partial charge is 0.239 e. The van der Waals surface area contributed by atoms with Crippen molar-refractivity contribution in [3.8, 4) is 5.75 Å². The summed E-state index contributed by atoms with van der Waals surface area (Å²) >= 11 is 0. The number of phenols is 1. The molecule has 2 atom stereocenters. The monoisotopic (exact) mass is 251 g/mol. The average molecular weight is 251 g/mol. The highest BCUT2D eigenvalue weighted by Crippen LogP contribution is 2.10. The predicted octanol–water partition coefficient (Wildman–Crippen LogP) is -0.748. The molecule has 0 aromatic heterocycles. The molecule has 0 aliphatic carbocycles. The predicted molar refractivity (Wildman–Crippen MR) is 66.6 cm³/mol. The molecule has 1 rings (SSSR count). The van der Waals surface area contributed by atoms with Crippen LogP contribution in [0.5, 0.6) is 5.75 Å². The second-order valence-corrected chi connectivity index (χ2v) is 4.11. The molecule has 0 saturated carbocycles. The molecule has 6 N–H and O–H groups in total. The van der Waals surface area contributed by atoms with Crippen LogP contribution in [0.4, 0.5) is 0 Å². The molecule has 6 heteroatoms. The van der Waals surface area contributed by atoms with Crippen molar-refractivity contribution in [2.75, 3.05) is 0 Å². The van der Waals surface area contributed by atoms with Gasteiger partial charge in [0.2, 0.25) is 11.8 Å². The van der Waals surface area contributed by atoms with Crippen LogP contribution in [0.3, 0.4) is 0 Å². The van der Waals surface area contributed by atoms with E-state index in [2.05, 4.69) is 5.32 Å². The number of amides is 2. The molecule has 0 radical (unpaired) electrons. The minimum Gasteiger partial charge on any atom is -0.508 e. The number of nitrogens with two attached hydrogens (primary N) is 2. The first kappa shape index (κ1) is 14.0. The van der Waals surface area contributed by atoms with E-state index in [0.717, 1.165) is 5.56 Å². The van der Waals surface area contributed by atoms with E-state index in [1.807, 2.05) is 0 Å². The maximum atomic E-state index is 11.6. The molecule has 0 aliphatic heterocycles. The minimum atomic E-state index is -0.767. The van der Waals surface area contributed by atoms with Crippen LogP contribution in [0.25, 0.3) is 0 Å². The third-order valence-electron chi connectivity index (χ3n) is 2.51. The fraction of sp³-hybridized carbons (Fsp3) is 0.333. The summed E-state index contributed by atoms with van der Waals surface area (Å²) in [4.78, 5) is 22.4. The van der Waals surface area contributed by atoms with Gasteiger partial charge in [0.1, 0.15) is 11.8 Å². The molecule has 1 aromatic carbocycles. The zero-order valence-electron chi connectivity index (χ0n) is 10.1. The maximum absolute atomic E-state index is 11.6. The Morgan fingerprint density at radius 3 is 2.39 bits per heavy atom. The standard InChI is InChI=1S/C12H17N3O3/c1-7(11(14)17)15-12(18)10(13)6-8-2-4-9(16)5-3-8/h2-5,7,10,16H,6,13H2,1H3,(H2,14,17)(H,15,18)/t7?,10-/m1/s1. The van der Waals surface area contributed by atoms with Gasteiger partial charge in [-0.05, 0) is 31.0 Å². The van der Waals surface area contributed by atoms with Crippen LogP contribution >= 0.6 is 0 Å². The summed E-state index contributed by atoms with van der Waals surface area (Å²) < 4.78 is 0. The van der Waals surface area contributed by atoms with Crippen molar-refractivity contribution in [3.63, 3.8) is 0 Å². The van der Waals surface area contributed by atoms with E-state index < -0.39 is 23.9 Å². The Labute approximate surface area is 105 Å². The highest BCUT2D eigenvalue weighted by molar-refractivity contribution is 5.88. The summed E-state index contributed by atoms with van der Waals surface area (Å²) in [6, 6.07) is 4.89. The van der Waals surface area contributed by atoms with Gasteiger partial charge in [0.15, 0.2) is 0 Å². The van der Waals surface area contributed by atoms with Gasteiger partial charge >= 0.3 is 0 Å². The second-order valence-electron chi connectivity index (χ2n) is 4.11. The molecule has 0 saturated heterocycles. The number of rotatable bonds is 5. The summed E-state index contributed by atoms with van der Waals surface area (Å²) in [6.07, 6.45) is 0.317. The quantitative estimate of drug-likeness (QED) is 0.550. The van der Waals surface area contributed by atoms with Gasteiger partial charge in [0.25, 0.3) is 0 Å². The van der Waals surface area contributed by atoms with E-state index in [0.29, 0.717) is 6.42 Å². The number of benzene rings is 1. The fourth-order valence-corrected chi connectivity index (χ4v) is 1.37. The molecule has 98 valence electrons. The summed E-state index contributed by atoms with van der Waals surface area (Å²) in [5.41, 5.74) is 11.6. The molecule has 0 heterocycles. The number of carbonyl (C=O) groups is 2. The molecule has 0 spiro atoms. The summed E-state index contributed by atoms with van der Waals surface area (Å²) in [5.74, 6) is -0.895. The highest BCUT2D eigenvalue weighted by Gasteiger charge is 2.18. The van der Waals surface area contributed by atoms with E-state index in [1.54, 1.807) is 12.1 Å². The topological polar surface area (TPSA) is 118 Å². The third kappa shape index (κ3) is 4.06. The molecule has 0 bridgehead atoms. The molecule has 1 aromatic rings. The van der Waals surface area contributed by atoms with Gasteiger partial charge in [0, 0.05) is 0 Å². The lowest BCUT2D eigenvalue weighted by Gasteiger charge is -2.15. The first-order chi connectivity index (χ1) is 8.40. The van der Waals surface area contributed by atoms with E-state index in [4.69, 9.17) is 16.6 Å². The largest absolute Gasteiger partial charge is 0.508 e. The molecule has 18 heavy (non-hydrogen) atoms. The van der Waals surface area contributed by atoms with Crippen molar-refractivity contribution in [3.05, 3.63) is 29.8 Å². The average Bonchev–Trinajstić information content (AvgIpc) is 2.31. The van der Waals surface area contributed by atoms with E-state index in [1.165, 1.54) is 19.1 Å². The Morgan fingerprint density at radius 2 is 1.89 bits per heavy atom. The normalized spacial score (nSPS) is 13.7.